The molecule has 0 amide bonds. The third-order valence-corrected chi connectivity index (χ3v) is 3.40. The summed E-state index contributed by atoms with van der Waals surface area (Å²) in [6, 6.07) is 7.91. The van der Waals surface area contributed by atoms with Gasteiger partial charge in [0.05, 0.1) is 13.5 Å². The molecule has 1 saturated heterocycles. The van der Waals surface area contributed by atoms with Crippen LogP contribution in [0, 0.1) is 0 Å². The number of benzene rings is 1. The van der Waals surface area contributed by atoms with Crippen LogP contribution in [0.4, 0.5) is 0 Å². The molecule has 1 unspecified atom stereocenters. The molecule has 0 spiro atoms. The van der Waals surface area contributed by atoms with Crippen LogP contribution in [0.25, 0.3) is 0 Å². The highest BCUT2D eigenvalue weighted by atomic mass is 16.5. The van der Waals surface area contributed by atoms with E-state index in [1.165, 1.54) is 0 Å². The first kappa shape index (κ1) is 12.2. The number of methoxy groups -OCH3 is 1. The fraction of sp³-hybridized carbons (Fsp3) is 0.429. The van der Waals surface area contributed by atoms with Crippen LogP contribution in [0.1, 0.15) is 29.6 Å². The van der Waals surface area contributed by atoms with Crippen molar-refractivity contribution in [1.82, 2.24) is 15.5 Å². The van der Waals surface area contributed by atoms with Crippen LogP contribution in [0.3, 0.4) is 0 Å². The zero-order valence-corrected chi connectivity index (χ0v) is 10.9. The minimum Gasteiger partial charge on any atom is -0.497 e. The van der Waals surface area contributed by atoms with E-state index in [2.05, 4.69) is 15.5 Å². The third-order valence-electron chi connectivity index (χ3n) is 3.40. The van der Waals surface area contributed by atoms with Crippen LogP contribution in [-0.4, -0.2) is 30.3 Å². The Bertz CT molecular complexity index is 547. The minimum absolute atomic E-state index is 0.391. The molecule has 1 aliphatic rings. The smallest absolute Gasteiger partial charge is 0.231 e. The molecule has 0 saturated carbocycles. The molecule has 2 heterocycles. The van der Waals surface area contributed by atoms with Gasteiger partial charge in [-0.1, -0.05) is 17.3 Å². The largest absolute Gasteiger partial charge is 0.497 e. The molecule has 3 rings (SSSR count). The SMILES string of the molecule is COc1cccc(Cc2nc(C3CCNC3)no2)c1. The zero-order chi connectivity index (χ0) is 13.1. The minimum atomic E-state index is 0.391. The number of hydrogen-bond donors (Lipinski definition) is 1. The fourth-order valence-corrected chi connectivity index (χ4v) is 2.34. The molecule has 1 aromatic heterocycles. The lowest BCUT2D eigenvalue weighted by molar-refractivity contribution is 0.376. The van der Waals surface area contributed by atoms with Crippen molar-refractivity contribution in [2.75, 3.05) is 20.2 Å². The van der Waals surface area contributed by atoms with Gasteiger partial charge in [0.15, 0.2) is 5.82 Å². The Labute approximate surface area is 112 Å². The number of hydrogen-bond acceptors (Lipinski definition) is 5. The van der Waals surface area contributed by atoms with Crippen LogP contribution in [-0.2, 0) is 6.42 Å². The fourth-order valence-electron chi connectivity index (χ4n) is 2.34. The van der Waals surface area contributed by atoms with Gasteiger partial charge in [0.1, 0.15) is 5.75 Å². The van der Waals surface area contributed by atoms with E-state index in [0.29, 0.717) is 18.2 Å². The quantitative estimate of drug-likeness (QED) is 0.906. The summed E-state index contributed by atoms with van der Waals surface area (Å²) in [4.78, 5) is 4.48. The summed E-state index contributed by atoms with van der Waals surface area (Å²) in [6.07, 6.45) is 1.72. The highest BCUT2D eigenvalue weighted by molar-refractivity contribution is 5.29. The van der Waals surface area contributed by atoms with Crippen molar-refractivity contribution in [1.29, 1.82) is 0 Å². The van der Waals surface area contributed by atoms with E-state index in [1.807, 2.05) is 24.3 Å². The lowest BCUT2D eigenvalue weighted by Crippen LogP contribution is -2.08. The molecule has 5 heteroatoms. The van der Waals surface area contributed by atoms with Gasteiger partial charge in [0, 0.05) is 12.5 Å². The zero-order valence-electron chi connectivity index (χ0n) is 10.9. The van der Waals surface area contributed by atoms with E-state index in [-0.39, 0.29) is 0 Å². The van der Waals surface area contributed by atoms with Crippen molar-refractivity contribution >= 4 is 0 Å². The molecular formula is C14H17N3O2. The topological polar surface area (TPSA) is 60.2 Å². The normalized spacial score (nSPS) is 18.7. The monoisotopic (exact) mass is 259 g/mol. The first-order valence-electron chi connectivity index (χ1n) is 6.51. The van der Waals surface area contributed by atoms with Crippen molar-refractivity contribution in [3.63, 3.8) is 0 Å². The van der Waals surface area contributed by atoms with Crippen LogP contribution in [0.15, 0.2) is 28.8 Å². The van der Waals surface area contributed by atoms with E-state index < -0.39 is 0 Å². The van der Waals surface area contributed by atoms with Crippen LogP contribution < -0.4 is 10.1 Å². The Morgan fingerprint density at radius 3 is 3.21 bits per heavy atom. The van der Waals surface area contributed by atoms with Gasteiger partial charge in [-0.3, -0.25) is 0 Å². The van der Waals surface area contributed by atoms with E-state index in [0.717, 1.165) is 36.6 Å². The van der Waals surface area contributed by atoms with Gasteiger partial charge in [0.25, 0.3) is 0 Å². The second kappa shape index (κ2) is 5.40. The van der Waals surface area contributed by atoms with Crippen molar-refractivity contribution in [2.45, 2.75) is 18.8 Å². The van der Waals surface area contributed by atoms with Gasteiger partial charge in [0.2, 0.25) is 5.89 Å². The number of ether oxygens (including phenoxy) is 1. The molecular weight excluding hydrogens is 242 g/mol. The van der Waals surface area contributed by atoms with Crippen LogP contribution in [0.5, 0.6) is 5.75 Å². The summed E-state index contributed by atoms with van der Waals surface area (Å²) >= 11 is 0. The standard InChI is InChI=1S/C14H17N3O2/c1-18-12-4-2-3-10(7-12)8-13-16-14(17-19-13)11-5-6-15-9-11/h2-4,7,11,15H,5-6,8-9H2,1H3. The molecule has 1 aliphatic heterocycles. The summed E-state index contributed by atoms with van der Waals surface area (Å²) in [5, 5.41) is 7.39. The molecule has 5 nitrogen and oxygen atoms in total. The maximum Gasteiger partial charge on any atom is 0.231 e. The molecule has 1 N–H and O–H groups in total. The van der Waals surface area contributed by atoms with E-state index in [4.69, 9.17) is 9.26 Å². The summed E-state index contributed by atoms with van der Waals surface area (Å²) in [5.74, 6) is 2.72. The van der Waals surface area contributed by atoms with Crippen LogP contribution >= 0.6 is 0 Å². The number of nitrogens with one attached hydrogen (secondary N) is 1. The van der Waals surface area contributed by atoms with Crippen molar-refractivity contribution in [3.8, 4) is 5.75 Å². The number of rotatable bonds is 4. The molecule has 1 fully saturated rings. The summed E-state index contributed by atoms with van der Waals surface area (Å²) < 4.78 is 10.5. The maximum atomic E-state index is 5.32. The first-order chi connectivity index (χ1) is 9.35. The number of aromatic nitrogens is 2. The van der Waals surface area contributed by atoms with Gasteiger partial charge >= 0.3 is 0 Å². The van der Waals surface area contributed by atoms with Crippen molar-refractivity contribution in [3.05, 3.63) is 41.5 Å². The molecule has 19 heavy (non-hydrogen) atoms. The summed E-state index contributed by atoms with van der Waals surface area (Å²) in [5.41, 5.74) is 1.11. The molecule has 0 aliphatic carbocycles. The maximum absolute atomic E-state index is 5.32. The molecule has 1 aromatic carbocycles. The van der Waals surface area contributed by atoms with Crippen LogP contribution in [0.2, 0.25) is 0 Å². The molecule has 0 radical (unpaired) electrons. The Kier molecular flexibility index (Phi) is 3.46. The second-order valence-electron chi connectivity index (χ2n) is 4.76. The summed E-state index contributed by atoms with van der Waals surface area (Å²) in [7, 11) is 1.66. The average molecular weight is 259 g/mol. The molecule has 1 atom stereocenters. The lowest BCUT2D eigenvalue weighted by Gasteiger charge is -2.01. The predicted octanol–water partition coefficient (Wildman–Crippen LogP) is 1.75. The highest BCUT2D eigenvalue weighted by Crippen LogP contribution is 2.20. The Morgan fingerprint density at radius 2 is 2.42 bits per heavy atom. The van der Waals surface area contributed by atoms with E-state index in [1.54, 1.807) is 7.11 Å². The number of nitrogens with zero attached hydrogens (tertiary/aromatic N) is 2. The molecule has 100 valence electrons. The summed E-state index contributed by atoms with van der Waals surface area (Å²) in [6.45, 7) is 1.97. The van der Waals surface area contributed by atoms with Gasteiger partial charge in [-0.15, -0.1) is 0 Å². The van der Waals surface area contributed by atoms with E-state index >= 15 is 0 Å². The average Bonchev–Trinajstić information content (AvgIpc) is 3.09. The third kappa shape index (κ3) is 2.76. The highest BCUT2D eigenvalue weighted by Gasteiger charge is 2.21. The second-order valence-corrected chi connectivity index (χ2v) is 4.76. The first-order valence-corrected chi connectivity index (χ1v) is 6.51. The lowest BCUT2D eigenvalue weighted by atomic mass is 10.1. The Balaban J connectivity index is 1.72. The van der Waals surface area contributed by atoms with Gasteiger partial charge < -0.3 is 14.6 Å². The predicted molar refractivity (Wildman–Crippen MR) is 70.3 cm³/mol. The van der Waals surface area contributed by atoms with Crippen molar-refractivity contribution < 1.29 is 9.26 Å². The van der Waals surface area contributed by atoms with E-state index in [9.17, 15) is 0 Å². The van der Waals surface area contributed by atoms with Gasteiger partial charge in [-0.05, 0) is 30.7 Å². The van der Waals surface area contributed by atoms with Gasteiger partial charge in [-0.25, -0.2) is 0 Å². The van der Waals surface area contributed by atoms with Crippen molar-refractivity contribution in [2.24, 2.45) is 0 Å². The molecule has 0 bridgehead atoms. The Morgan fingerprint density at radius 1 is 1.47 bits per heavy atom. The van der Waals surface area contributed by atoms with Gasteiger partial charge in [-0.2, -0.15) is 4.98 Å². The molecule has 2 aromatic rings. The Hall–Kier alpha value is -1.88.